The summed E-state index contributed by atoms with van der Waals surface area (Å²) in [7, 11) is 0. The van der Waals surface area contributed by atoms with E-state index in [0.717, 1.165) is 0 Å². The molecule has 1 aliphatic heterocycles. The fourth-order valence-corrected chi connectivity index (χ4v) is 4.12. The number of benzene rings is 2. The molecule has 0 radical (unpaired) electrons. The van der Waals surface area contributed by atoms with E-state index in [4.69, 9.17) is 27.9 Å². The number of carbonyl (C=O) groups excluding carboxylic acids is 1. The van der Waals surface area contributed by atoms with E-state index in [2.05, 4.69) is 4.98 Å². The zero-order valence-corrected chi connectivity index (χ0v) is 15.6. The molecule has 0 N–H and O–H groups in total. The van der Waals surface area contributed by atoms with Crippen LogP contribution in [0.1, 0.15) is 6.42 Å². The summed E-state index contributed by atoms with van der Waals surface area (Å²) < 4.78 is 6.48. The Kier molecular flexibility index (Phi) is 4.65. The minimum atomic E-state index is -0.392. The van der Waals surface area contributed by atoms with Gasteiger partial charge in [-0.05, 0) is 30.3 Å². The van der Waals surface area contributed by atoms with Crippen LogP contribution in [0.3, 0.4) is 0 Å². The van der Waals surface area contributed by atoms with Gasteiger partial charge in [0.2, 0.25) is 0 Å². The number of fused-ring (bicyclic) bond motifs is 1. The van der Waals surface area contributed by atoms with Crippen molar-refractivity contribution in [3.8, 4) is 5.69 Å². The van der Waals surface area contributed by atoms with E-state index in [1.165, 1.54) is 16.3 Å². The molecule has 2 aromatic carbocycles. The van der Waals surface area contributed by atoms with E-state index in [1.54, 1.807) is 36.4 Å². The van der Waals surface area contributed by atoms with E-state index >= 15 is 0 Å². The second-order valence-corrected chi connectivity index (χ2v) is 7.70. The molecule has 3 aromatic rings. The van der Waals surface area contributed by atoms with E-state index in [9.17, 15) is 9.59 Å². The summed E-state index contributed by atoms with van der Waals surface area (Å²) in [6.45, 7) is 0.376. The van der Waals surface area contributed by atoms with Gasteiger partial charge in [-0.25, -0.2) is 4.98 Å². The smallest absolute Gasteiger partial charge is 0.319 e. The molecule has 1 aromatic heterocycles. The molecule has 0 unspecified atom stereocenters. The first kappa shape index (κ1) is 17.4. The number of hydrogen-bond donors (Lipinski definition) is 0. The van der Waals surface area contributed by atoms with Crippen molar-refractivity contribution in [3.63, 3.8) is 0 Å². The number of aromatic nitrogens is 2. The molecule has 0 aliphatic carbocycles. The Morgan fingerprint density at radius 2 is 1.92 bits per heavy atom. The first-order valence-electron chi connectivity index (χ1n) is 7.85. The van der Waals surface area contributed by atoms with Crippen LogP contribution >= 0.6 is 35.0 Å². The molecule has 1 saturated heterocycles. The van der Waals surface area contributed by atoms with E-state index in [1.807, 2.05) is 6.07 Å². The molecule has 1 atom stereocenters. The summed E-state index contributed by atoms with van der Waals surface area (Å²) in [5.74, 6) is -0.293. The molecule has 26 heavy (non-hydrogen) atoms. The lowest BCUT2D eigenvalue weighted by molar-refractivity contribution is -0.137. The first-order valence-corrected chi connectivity index (χ1v) is 9.48. The van der Waals surface area contributed by atoms with E-state index in [-0.39, 0.29) is 11.5 Å². The van der Waals surface area contributed by atoms with Crippen molar-refractivity contribution >= 4 is 51.8 Å². The summed E-state index contributed by atoms with van der Waals surface area (Å²) in [4.78, 5) is 29.6. The van der Waals surface area contributed by atoms with Gasteiger partial charge in [0.25, 0.3) is 5.56 Å². The van der Waals surface area contributed by atoms with Gasteiger partial charge in [-0.1, -0.05) is 47.1 Å². The van der Waals surface area contributed by atoms with Crippen molar-refractivity contribution in [3.05, 3.63) is 62.9 Å². The highest BCUT2D eigenvalue weighted by molar-refractivity contribution is 8.00. The number of thioether (sulfide) groups is 1. The third-order valence-corrected chi connectivity index (χ3v) is 5.98. The van der Waals surface area contributed by atoms with Crippen molar-refractivity contribution in [2.24, 2.45) is 0 Å². The number of halogens is 2. The fraction of sp³-hybridized carbons (Fsp3) is 0.167. The van der Waals surface area contributed by atoms with E-state index < -0.39 is 5.25 Å². The second kappa shape index (κ2) is 6.95. The van der Waals surface area contributed by atoms with Crippen LogP contribution in [0.25, 0.3) is 16.6 Å². The molecule has 132 valence electrons. The molecule has 0 amide bonds. The van der Waals surface area contributed by atoms with Gasteiger partial charge in [0.15, 0.2) is 5.16 Å². The largest absolute Gasteiger partial charge is 0.465 e. The average Bonchev–Trinajstić information content (AvgIpc) is 3.03. The van der Waals surface area contributed by atoms with Crippen LogP contribution in [0.5, 0.6) is 0 Å². The normalized spacial score (nSPS) is 16.8. The van der Waals surface area contributed by atoms with Gasteiger partial charge in [0.1, 0.15) is 5.25 Å². The molecule has 2 heterocycles. The molecule has 0 saturated carbocycles. The number of cyclic esters (lactones) is 1. The maximum Gasteiger partial charge on any atom is 0.319 e. The minimum absolute atomic E-state index is 0.233. The van der Waals surface area contributed by atoms with Crippen LogP contribution in [-0.4, -0.2) is 27.4 Å². The Hall–Kier alpha value is -2.02. The minimum Gasteiger partial charge on any atom is -0.465 e. The van der Waals surface area contributed by atoms with Crippen LogP contribution in [0.15, 0.2) is 52.4 Å². The average molecular weight is 407 g/mol. The summed E-state index contributed by atoms with van der Waals surface area (Å²) >= 11 is 13.4. The van der Waals surface area contributed by atoms with Gasteiger partial charge in [-0.2, -0.15) is 0 Å². The zero-order valence-electron chi connectivity index (χ0n) is 13.3. The predicted octanol–water partition coefficient (Wildman–Crippen LogP) is 4.10. The highest BCUT2D eigenvalue weighted by atomic mass is 35.5. The highest BCUT2D eigenvalue weighted by Crippen LogP contribution is 2.31. The van der Waals surface area contributed by atoms with Gasteiger partial charge >= 0.3 is 5.97 Å². The Balaban J connectivity index is 1.94. The number of para-hydroxylation sites is 1. The SMILES string of the molecule is O=C1OCC[C@H]1Sc1nc2ccccc2c(=O)n1-c1ccc(Cl)c(Cl)c1. The number of nitrogens with zero attached hydrogens (tertiary/aromatic N) is 2. The molecule has 0 spiro atoms. The maximum absolute atomic E-state index is 13.1. The zero-order chi connectivity index (χ0) is 18.3. The van der Waals surface area contributed by atoms with E-state index in [0.29, 0.717) is 44.8 Å². The van der Waals surface area contributed by atoms with Crippen molar-refractivity contribution in [2.75, 3.05) is 6.61 Å². The van der Waals surface area contributed by atoms with Gasteiger partial charge in [-0.3, -0.25) is 14.2 Å². The van der Waals surface area contributed by atoms with Crippen LogP contribution in [-0.2, 0) is 9.53 Å². The number of carbonyl (C=O) groups is 1. The van der Waals surface area contributed by atoms with Crippen LogP contribution in [0, 0.1) is 0 Å². The molecule has 4 rings (SSSR count). The Morgan fingerprint density at radius 3 is 2.65 bits per heavy atom. The number of esters is 1. The number of hydrogen-bond acceptors (Lipinski definition) is 5. The third-order valence-electron chi connectivity index (χ3n) is 4.04. The topological polar surface area (TPSA) is 61.2 Å². The summed E-state index contributed by atoms with van der Waals surface area (Å²) in [5, 5.41) is 1.23. The number of ether oxygens (including phenoxy) is 1. The van der Waals surface area contributed by atoms with Gasteiger partial charge in [0.05, 0.1) is 33.2 Å². The standard InChI is InChI=1S/C18H12Cl2N2O3S/c19-12-6-5-10(9-13(12)20)22-16(23)11-3-1-2-4-14(11)21-18(22)26-15-7-8-25-17(15)24/h1-6,9,15H,7-8H2/t15-/m1/s1. The summed E-state index contributed by atoms with van der Waals surface area (Å²) in [5.41, 5.74) is 0.877. The van der Waals surface area contributed by atoms with Crippen molar-refractivity contribution in [1.29, 1.82) is 0 Å². The lowest BCUT2D eigenvalue weighted by Crippen LogP contribution is -2.23. The molecule has 1 aliphatic rings. The highest BCUT2D eigenvalue weighted by Gasteiger charge is 2.29. The maximum atomic E-state index is 13.1. The lowest BCUT2D eigenvalue weighted by Gasteiger charge is -2.15. The van der Waals surface area contributed by atoms with Gasteiger partial charge in [-0.15, -0.1) is 0 Å². The third kappa shape index (κ3) is 3.09. The molecular formula is C18H12Cl2N2O3S. The lowest BCUT2D eigenvalue weighted by atomic mass is 10.2. The van der Waals surface area contributed by atoms with Crippen LogP contribution < -0.4 is 5.56 Å². The van der Waals surface area contributed by atoms with Crippen LogP contribution in [0.2, 0.25) is 10.0 Å². The monoisotopic (exact) mass is 406 g/mol. The quantitative estimate of drug-likeness (QED) is 0.483. The predicted molar refractivity (Wildman–Crippen MR) is 103 cm³/mol. The van der Waals surface area contributed by atoms with Gasteiger partial charge < -0.3 is 4.74 Å². The Morgan fingerprint density at radius 1 is 1.12 bits per heavy atom. The fourth-order valence-electron chi connectivity index (χ4n) is 2.75. The van der Waals surface area contributed by atoms with Crippen molar-refractivity contribution < 1.29 is 9.53 Å². The Labute approximate surface area is 162 Å². The first-order chi connectivity index (χ1) is 12.5. The van der Waals surface area contributed by atoms with Crippen LogP contribution in [0.4, 0.5) is 0 Å². The number of rotatable bonds is 3. The molecule has 5 nitrogen and oxygen atoms in total. The second-order valence-electron chi connectivity index (χ2n) is 5.71. The molecule has 1 fully saturated rings. The summed E-state index contributed by atoms with van der Waals surface area (Å²) in [6, 6.07) is 12.0. The summed E-state index contributed by atoms with van der Waals surface area (Å²) in [6.07, 6.45) is 0.577. The van der Waals surface area contributed by atoms with Crippen molar-refractivity contribution in [1.82, 2.24) is 9.55 Å². The Bertz CT molecular complexity index is 1080. The molecule has 0 bridgehead atoms. The molecule has 8 heteroatoms. The molecular weight excluding hydrogens is 395 g/mol. The van der Waals surface area contributed by atoms with Gasteiger partial charge in [0, 0.05) is 6.42 Å². The van der Waals surface area contributed by atoms with Crippen molar-refractivity contribution in [2.45, 2.75) is 16.8 Å².